The molecule has 0 amide bonds. The summed E-state index contributed by atoms with van der Waals surface area (Å²) >= 11 is 0. The molecule has 0 aliphatic heterocycles. The Morgan fingerprint density at radius 2 is 1.83 bits per heavy atom. The Morgan fingerprint density at radius 1 is 1.10 bits per heavy atom. The van der Waals surface area contributed by atoms with Crippen LogP contribution >= 0.6 is 0 Å². The van der Waals surface area contributed by atoms with Crippen molar-refractivity contribution in [1.29, 1.82) is 5.41 Å². The van der Waals surface area contributed by atoms with Gasteiger partial charge in [-0.05, 0) is 25.7 Å². The van der Waals surface area contributed by atoms with Crippen molar-refractivity contribution in [3.8, 4) is 0 Å². The Labute approximate surface area is 176 Å². The van der Waals surface area contributed by atoms with Crippen molar-refractivity contribution < 1.29 is 9.32 Å². The fraction of sp³-hybridized carbons (Fsp3) is 0.261. The van der Waals surface area contributed by atoms with E-state index >= 15 is 0 Å². The molecule has 0 fully saturated rings. The number of nitrogens with zero attached hydrogens (tertiary/aromatic N) is 2. The molecule has 2 aromatic carbocycles. The monoisotopic (exact) mass is 405 g/mol. The molecule has 0 spiro atoms. The molecule has 7 heteroatoms. The van der Waals surface area contributed by atoms with Crippen LogP contribution in [0.1, 0.15) is 40.0 Å². The molecule has 1 aromatic heterocycles. The normalized spacial score (nSPS) is 11.9. The highest BCUT2D eigenvalue weighted by Gasteiger charge is 2.17. The molecular formula is C23H27N5O2. The van der Waals surface area contributed by atoms with E-state index in [0.29, 0.717) is 23.6 Å². The zero-order chi connectivity index (χ0) is 21.5. The van der Waals surface area contributed by atoms with E-state index < -0.39 is 0 Å². The zero-order valence-corrected chi connectivity index (χ0v) is 17.5. The van der Waals surface area contributed by atoms with Crippen LogP contribution in [0.2, 0.25) is 0 Å². The molecule has 1 heterocycles. The molecule has 0 aliphatic rings. The van der Waals surface area contributed by atoms with Crippen molar-refractivity contribution in [2.75, 3.05) is 32.5 Å². The van der Waals surface area contributed by atoms with Crippen LogP contribution in [0.25, 0.3) is 0 Å². The van der Waals surface area contributed by atoms with Crippen molar-refractivity contribution >= 4 is 17.6 Å². The number of ketones is 1. The Balaban J connectivity index is 1.67. The summed E-state index contributed by atoms with van der Waals surface area (Å²) in [5, 5.41) is 17.9. The van der Waals surface area contributed by atoms with Gasteiger partial charge in [-0.3, -0.25) is 15.5 Å². The number of benzene rings is 2. The van der Waals surface area contributed by atoms with Gasteiger partial charge in [0.1, 0.15) is 0 Å². The fourth-order valence-corrected chi connectivity index (χ4v) is 3.00. The van der Waals surface area contributed by atoms with Crippen LogP contribution in [0.3, 0.4) is 0 Å². The van der Waals surface area contributed by atoms with Gasteiger partial charge in [-0.2, -0.15) is 0 Å². The first-order valence-corrected chi connectivity index (χ1v) is 9.84. The van der Waals surface area contributed by atoms with Crippen LogP contribution in [-0.2, 0) is 0 Å². The molecule has 1 atom stereocenters. The molecule has 7 nitrogen and oxygen atoms in total. The topological polar surface area (TPSA) is 94.2 Å². The number of likely N-dealkylation sites (N-methyl/N-ethyl adjacent to an activating group) is 1. The first-order valence-electron chi connectivity index (χ1n) is 9.84. The number of carbonyl (C=O) groups excluding carboxylic acids is 1. The zero-order valence-electron chi connectivity index (χ0n) is 17.5. The van der Waals surface area contributed by atoms with Crippen molar-refractivity contribution in [2.24, 2.45) is 0 Å². The molecule has 3 rings (SSSR count). The van der Waals surface area contributed by atoms with Crippen molar-refractivity contribution in [3.63, 3.8) is 0 Å². The lowest BCUT2D eigenvalue weighted by molar-refractivity contribution is 0.103. The molecule has 0 saturated carbocycles. The SMILES string of the molecule is CC(c1cccc(C(=O)c2ccccc2)c1)c1cc(NC(=N)NCCN(C)C)on1. The summed E-state index contributed by atoms with van der Waals surface area (Å²) in [6.45, 7) is 3.48. The van der Waals surface area contributed by atoms with E-state index in [0.717, 1.165) is 17.8 Å². The van der Waals surface area contributed by atoms with Gasteiger partial charge >= 0.3 is 0 Å². The quantitative estimate of drug-likeness (QED) is 0.301. The number of carbonyl (C=O) groups is 1. The highest BCUT2D eigenvalue weighted by atomic mass is 16.5. The number of nitrogens with one attached hydrogen (secondary N) is 3. The molecule has 1 unspecified atom stereocenters. The fourth-order valence-electron chi connectivity index (χ4n) is 3.00. The maximum Gasteiger partial charge on any atom is 0.231 e. The van der Waals surface area contributed by atoms with E-state index in [-0.39, 0.29) is 17.7 Å². The largest absolute Gasteiger partial charge is 0.355 e. The first-order chi connectivity index (χ1) is 14.4. The molecule has 0 bridgehead atoms. The minimum atomic E-state index is -0.0660. The average Bonchev–Trinajstić information content (AvgIpc) is 3.21. The van der Waals surface area contributed by atoms with Gasteiger partial charge < -0.3 is 14.7 Å². The lowest BCUT2D eigenvalue weighted by Gasteiger charge is -2.11. The van der Waals surface area contributed by atoms with Crippen LogP contribution in [-0.4, -0.2) is 49.0 Å². The highest BCUT2D eigenvalue weighted by Crippen LogP contribution is 2.26. The Hall–Kier alpha value is -3.45. The van der Waals surface area contributed by atoms with Crippen LogP contribution in [0.5, 0.6) is 0 Å². The number of guanidine groups is 1. The van der Waals surface area contributed by atoms with Gasteiger partial charge in [0.25, 0.3) is 0 Å². The summed E-state index contributed by atoms with van der Waals surface area (Å²) in [7, 11) is 3.95. The van der Waals surface area contributed by atoms with Gasteiger partial charge in [0, 0.05) is 36.2 Å². The van der Waals surface area contributed by atoms with E-state index in [1.165, 1.54) is 0 Å². The highest BCUT2D eigenvalue weighted by molar-refractivity contribution is 6.09. The number of hydrogen-bond donors (Lipinski definition) is 3. The summed E-state index contributed by atoms with van der Waals surface area (Å²) in [6, 6.07) is 18.6. The Morgan fingerprint density at radius 3 is 2.57 bits per heavy atom. The molecule has 0 saturated heterocycles. The maximum atomic E-state index is 12.7. The summed E-state index contributed by atoms with van der Waals surface area (Å²) in [4.78, 5) is 14.8. The lowest BCUT2D eigenvalue weighted by Crippen LogP contribution is -2.34. The third-order valence-electron chi connectivity index (χ3n) is 4.77. The second-order valence-electron chi connectivity index (χ2n) is 7.39. The predicted octanol–water partition coefficient (Wildman–Crippen LogP) is 3.56. The summed E-state index contributed by atoms with van der Waals surface area (Å²) in [5.41, 5.74) is 2.99. The second kappa shape index (κ2) is 9.84. The number of hydrogen-bond acceptors (Lipinski definition) is 5. The molecule has 0 aliphatic carbocycles. The lowest BCUT2D eigenvalue weighted by atomic mass is 9.94. The van der Waals surface area contributed by atoms with Crippen LogP contribution in [0.15, 0.2) is 65.2 Å². The van der Waals surface area contributed by atoms with Gasteiger partial charge in [0.05, 0.1) is 5.69 Å². The summed E-state index contributed by atoms with van der Waals surface area (Å²) in [6.07, 6.45) is 0. The Kier molecular flexibility index (Phi) is 6.98. The molecule has 0 radical (unpaired) electrons. The third-order valence-corrected chi connectivity index (χ3v) is 4.77. The van der Waals surface area contributed by atoms with Crippen LogP contribution in [0.4, 0.5) is 5.88 Å². The molecule has 30 heavy (non-hydrogen) atoms. The molecule has 156 valence electrons. The van der Waals surface area contributed by atoms with Gasteiger partial charge in [-0.25, -0.2) is 0 Å². The number of aromatic nitrogens is 1. The van der Waals surface area contributed by atoms with E-state index in [9.17, 15) is 4.79 Å². The number of rotatable bonds is 8. The minimum Gasteiger partial charge on any atom is -0.355 e. The van der Waals surface area contributed by atoms with Gasteiger partial charge in [-0.15, -0.1) is 0 Å². The number of anilines is 1. The summed E-state index contributed by atoms with van der Waals surface area (Å²) < 4.78 is 5.33. The van der Waals surface area contributed by atoms with Crippen molar-refractivity contribution in [2.45, 2.75) is 12.8 Å². The predicted molar refractivity (Wildman–Crippen MR) is 118 cm³/mol. The first kappa shape index (κ1) is 21.3. The molecule has 3 aromatic rings. The molecular weight excluding hydrogens is 378 g/mol. The Bertz CT molecular complexity index is 998. The average molecular weight is 406 g/mol. The van der Waals surface area contributed by atoms with E-state index in [1.807, 2.05) is 80.5 Å². The van der Waals surface area contributed by atoms with E-state index in [1.54, 1.807) is 6.07 Å². The third kappa shape index (κ3) is 5.55. The second-order valence-corrected chi connectivity index (χ2v) is 7.39. The van der Waals surface area contributed by atoms with Crippen LogP contribution in [0, 0.1) is 5.41 Å². The van der Waals surface area contributed by atoms with Crippen molar-refractivity contribution in [3.05, 3.63) is 83.0 Å². The van der Waals surface area contributed by atoms with Crippen LogP contribution < -0.4 is 10.6 Å². The van der Waals surface area contributed by atoms with E-state index in [4.69, 9.17) is 9.93 Å². The molecule has 3 N–H and O–H groups in total. The standard InChI is InChI=1S/C23H27N5O2/c1-16(20-15-21(30-27-20)26-23(24)25-12-13-28(2)3)18-10-7-11-19(14-18)22(29)17-8-5-4-6-9-17/h4-11,14-16H,12-13H2,1-3H3,(H3,24,25,26). The van der Waals surface area contributed by atoms with Gasteiger partial charge in [-0.1, -0.05) is 60.6 Å². The maximum absolute atomic E-state index is 12.7. The van der Waals surface area contributed by atoms with Gasteiger partial charge in [0.15, 0.2) is 11.7 Å². The van der Waals surface area contributed by atoms with E-state index in [2.05, 4.69) is 15.8 Å². The van der Waals surface area contributed by atoms with Crippen molar-refractivity contribution in [1.82, 2.24) is 15.4 Å². The smallest absolute Gasteiger partial charge is 0.231 e. The van der Waals surface area contributed by atoms with Gasteiger partial charge in [0.2, 0.25) is 5.88 Å². The summed E-state index contributed by atoms with van der Waals surface area (Å²) in [5.74, 6) is 0.478. The minimum absolute atomic E-state index is 0.00981.